The molecule has 1 aromatic rings. The first-order valence-electron chi connectivity index (χ1n) is 7.15. The number of amides is 1. The number of carbonyl (C=O) groups is 1. The second-order valence-corrected chi connectivity index (χ2v) is 6.48. The Hall–Kier alpha value is -2.31. The Morgan fingerprint density at radius 3 is 2.59 bits per heavy atom. The number of benzene rings is 1. The highest BCUT2D eigenvalue weighted by Gasteiger charge is 2.33. The summed E-state index contributed by atoms with van der Waals surface area (Å²) in [4.78, 5) is 23.9. The van der Waals surface area contributed by atoms with Crippen LogP contribution in [0.25, 0.3) is 0 Å². The van der Waals surface area contributed by atoms with Crippen LogP contribution in [-0.4, -0.2) is 40.6 Å². The third-order valence-corrected chi connectivity index (χ3v) is 3.31. The maximum Gasteiger partial charge on any atom is 0.410 e. The predicted octanol–water partition coefficient (Wildman–Crippen LogP) is 2.93. The number of rotatable bonds is 3. The van der Waals surface area contributed by atoms with Crippen molar-refractivity contribution in [1.82, 2.24) is 4.90 Å². The largest absolute Gasteiger partial charge is 0.444 e. The van der Waals surface area contributed by atoms with Crippen molar-refractivity contribution < 1.29 is 14.5 Å². The molecule has 0 saturated carbocycles. The van der Waals surface area contributed by atoms with Crippen molar-refractivity contribution in [1.29, 1.82) is 0 Å². The lowest BCUT2D eigenvalue weighted by atomic mass is 10.1. The summed E-state index contributed by atoms with van der Waals surface area (Å²) in [6.07, 6.45) is -0.333. The van der Waals surface area contributed by atoms with Gasteiger partial charge in [0.15, 0.2) is 0 Å². The van der Waals surface area contributed by atoms with Crippen LogP contribution < -0.4 is 5.32 Å². The summed E-state index contributed by atoms with van der Waals surface area (Å²) in [5, 5.41) is 14.1. The smallest absolute Gasteiger partial charge is 0.410 e. The quantitative estimate of drug-likeness (QED) is 0.685. The van der Waals surface area contributed by atoms with Crippen LogP contribution in [0.2, 0.25) is 0 Å². The van der Waals surface area contributed by atoms with Gasteiger partial charge in [0.05, 0.1) is 11.0 Å². The van der Waals surface area contributed by atoms with Gasteiger partial charge in [-0.2, -0.15) is 0 Å². The van der Waals surface area contributed by atoms with Crippen LogP contribution in [-0.2, 0) is 4.74 Å². The molecule has 0 aromatic heterocycles. The lowest BCUT2D eigenvalue weighted by molar-refractivity contribution is -0.385. The van der Waals surface area contributed by atoms with Crippen LogP contribution in [0.1, 0.15) is 26.3 Å². The van der Waals surface area contributed by atoms with E-state index in [4.69, 9.17) is 4.74 Å². The van der Waals surface area contributed by atoms with Crippen molar-refractivity contribution in [3.8, 4) is 0 Å². The minimum atomic E-state index is -0.507. The molecule has 120 valence electrons. The number of aryl methyl sites for hydroxylation is 1. The van der Waals surface area contributed by atoms with Gasteiger partial charge in [-0.3, -0.25) is 10.1 Å². The standard InChI is InChI=1S/C15H21N3O4/c1-10-5-6-11(7-13(10)18(20)21)16-12-8-17(9-12)14(19)22-15(2,3)4/h5-7,12,16H,8-9H2,1-4H3. The molecule has 0 radical (unpaired) electrons. The van der Waals surface area contributed by atoms with Crippen LogP contribution in [0.4, 0.5) is 16.2 Å². The normalized spacial score (nSPS) is 15.2. The lowest BCUT2D eigenvalue weighted by Crippen LogP contribution is -2.57. The molecule has 1 aliphatic heterocycles. The van der Waals surface area contributed by atoms with Gasteiger partial charge in [0.25, 0.3) is 5.69 Å². The van der Waals surface area contributed by atoms with E-state index in [1.54, 1.807) is 24.0 Å². The molecule has 1 amide bonds. The molecule has 1 heterocycles. The van der Waals surface area contributed by atoms with Gasteiger partial charge in [-0.25, -0.2) is 4.79 Å². The van der Waals surface area contributed by atoms with E-state index in [9.17, 15) is 14.9 Å². The van der Waals surface area contributed by atoms with E-state index < -0.39 is 10.5 Å². The van der Waals surface area contributed by atoms with Gasteiger partial charge in [0.1, 0.15) is 5.60 Å². The van der Waals surface area contributed by atoms with E-state index in [-0.39, 0.29) is 17.8 Å². The molecule has 1 saturated heterocycles. The lowest BCUT2D eigenvalue weighted by Gasteiger charge is -2.40. The molecule has 0 atom stereocenters. The number of nitrogens with zero attached hydrogens (tertiary/aromatic N) is 2. The van der Waals surface area contributed by atoms with E-state index in [0.717, 1.165) is 0 Å². The number of anilines is 1. The van der Waals surface area contributed by atoms with Crippen molar-refractivity contribution in [2.24, 2.45) is 0 Å². The number of carbonyl (C=O) groups excluding carboxylic acids is 1. The van der Waals surface area contributed by atoms with Crippen LogP contribution in [0.5, 0.6) is 0 Å². The predicted molar refractivity (Wildman–Crippen MR) is 83.1 cm³/mol. The second-order valence-electron chi connectivity index (χ2n) is 6.48. The highest BCUT2D eigenvalue weighted by Crippen LogP contribution is 2.24. The summed E-state index contributed by atoms with van der Waals surface area (Å²) in [6.45, 7) is 8.23. The highest BCUT2D eigenvalue weighted by atomic mass is 16.6. The maximum atomic E-state index is 11.8. The van der Waals surface area contributed by atoms with Crippen LogP contribution >= 0.6 is 0 Å². The summed E-state index contributed by atoms with van der Waals surface area (Å²) in [6, 6.07) is 5.11. The number of hydrogen-bond donors (Lipinski definition) is 1. The van der Waals surface area contributed by atoms with Crippen molar-refractivity contribution in [2.45, 2.75) is 39.3 Å². The van der Waals surface area contributed by atoms with Gasteiger partial charge in [0, 0.05) is 30.4 Å². The molecule has 0 bridgehead atoms. The highest BCUT2D eigenvalue weighted by molar-refractivity contribution is 5.70. The molecular formula is C15H21N3O4. The van der Waals surface area contributed by atoms with E-state index in [0.29, 0.717) is 24.3 Å². The number of ether oxygens (including phenoxy) is 1. The molecule has 0 unspecified atom stereocenters. The summed E-state index contributed by atoms with van der Waals surface area (Å²) in [7, 11) is 0. The van der Waals surface area contributed by atoms with Crippen molar-refractivity contribution >= 4 is 17.5 Å². The molecule has 0 aliphatic carbocycles. The Kier molecular flexibility index (Phi) is 4.25. The summed E-state index contributed by atoms with van der Waals surface area (Å²) < 4.78 is 5.28. The fourth-order valence-electron chi connectivity index (χ4n) is 2.18. The van der Waals surface area contributed by atoms with Crippen LogP contribution in [0.3, 0.4) is 0 Å². The zero-order valence-electron chi connectivity index (χ0n) is 13.3. The monoisotopic (exact) mass is 307 g/mol. The van der Waals surface area contributed by atoms with Gasteiger partial charge >= 0.3 is 6.09 Å². The summed E-state index contributed by atoms with van der Waals surface area (Å²) >= 11 is 0. The summed E-state index contributed by atoms with van der Waals surface area (Å²) in [5.41, 5.74) is 0.895. The van der Waals surface area contributed by atoms with E-state index >= 15 is 0 Å². The molecule has 1 aliphatic rings. The minimum Gasteiger partial charge on any atom is -0.444 e. The molecule has 1 fully saturated rings. The third kappa shape index (κ3) is 3.87. The van der Waals surface area contributed by atoms with Gasteiger partial charge in [0.2, 0.25) is 0 Å². The van der Waals surface area contributed by atoms with E-state index in [1.165, 1.54) is 6.07 Å². The topological polar surface area (TPSA) is 84.7 Å². The van der Waals surface area contributed by atoms with Crippen molar-refractivity contribution in [2.75, 3.05) is 18.4 Å². The molecule has 2 rings (SSSR count). The molecule has 1 N–H and O–H groups in total. The zero-order chi connectivity index (χ0) is 16.5. The minimum absolute atomic E-state index is 0.0785. The van der Waals surface area contributed by atoms with E-state index in [1.807, 2.05) is 20.8 Å². The molecule has 7 heteroatoms. The Bertz CT molecular complexity index is 589. The maximum absolute atomic E-state index is 11.8. The molecule has 22 heavy (non-hydrogen) atoms. The van der Waals surface area contributed by atoms with Gasteiger partial charge in [-0.15, -0.1) is 0 Å². The number of nitro groups is 1. The third-order valence-electron chi connectivity index (χ3n) is 3.31. The van der Waals surface area contributed by atoms with Gasteiger partial charge in [-0.1, -0.05) is 6.07 Å². The van der Waals surface area contributed by atoms with Gasteiger partial charge in [-0.05, 0) is 33.8 Å². The summed E-state index contributed by atoms with van der Waals surface area (Å²) in [5.74, 6) is 0. The van der Waals surface area contributed by atoms with Crippen LogP contribution in [0.15, 0.2) is 18.2 Å². The average molecular weight is 307 g/mol. The second kappa shape index (κ2) is 5.82. The molecule has 1 aromatic carbocycles. The number of likely N-dealkylation sites (tertiary alicyclic amines) is 1. The first-order chi connectivity index (χ1) is 10.2. The Balaban J connectivity index is 1.89. The van der Waals surface area contributed by atoms with Crippen molar-refractivity contribution in [3.63, 3.8) is 0 Å². The molecular weight excluding hydrogens is 286 g/mol. The first kappa shape index (κ1) is 16.1. The fraction of sp³-hybridized carbons (Fsp3) is 0.533. The van der Waals surface area contributed by atoms with Crippen molar-refractivity contribution in [3.05, 3.63) is 33.9 Å². The molecule has 0 spiro atoms. The van der Waals surface area contributed by atoms with Crippen LogP contribution in [0, 0.1) is 17.0 Å². The Morgan fingerprint density at radius 1 is 1.41 bits per heavy atom. The SMILES string of the molecule is Cc1ccc(NC2CN(C(=O)OC(C)(C)C)C2)cc1[N+](=O)[O-]. The first-order valence-corrected chi connectivity index (χ1v) is 7.15. The number of nitro benzene ring substituents is 1. The van der Waals surface area contributed by atoms with E-state index in [2.05, 4.69) is 5.32 Å². The number of hydrogen-bond acceptors (Lipinski definition) is 5. The zero-order valence-corrected chi connectivity index (χ0v) is 13.3. The average Bonchev–Trinajstić information content (AvgIpc) is 2.32. The Morgan fingerprint density at radius 2 is 2.05 bits per heavy atom. The molecule has 7 nitrogen and oxygen atoms in total. The van der Waals surface area contributed by atoms with Gasteiger partial charge < -0.3 is 15.0 Å². The Labute approximate surface area is 129 Å². The number of nitrogens with one attached hydrogen (secondary N) is 1. The fourth-order valence-corrected chi connectivity index (χ4v) is 2.18.